The van der Waals surface area contributed by atoms with Crippen LogP contribution in [-0.4, -0.2) is 21.7 Å². The minimum atomic E-state index is -0.162. The number of aromatic amines is 1. The quantitative estimate of drug-likeness (QED) is 0.735. The number of hydrogen-bond acceptors (Lipinski definition) is 3. The van der Waals surface area contributed by atoms with Gasteiger partial charge in [-0.2, -0.15) is 0 Å². The van der Waals surface area contributed by atoms with Crippen LogP contribution in [0.25, 0.3) is 11.3 Å². The number of anilines is 1. The van der Waals surface area contributed by atoms with E-state index in [0.717, 1.165) is 46.5 Å². The molecule has 2 N–H and O–H groups in total. The maximum Gasteiger partial charge on any atom is 0.222 e. The Bertz CT molecular complexity index is 1010. The molecule has 1 aliphatic rings. The molecule has 0 bridgehead atoms. The van der Waals surface area contributed by atoms with Crippen LogP contribution in [0, 0.1) is 0 Å². The van der Waals surface area contributed by atoms with Crippen LogP contribution in [-0.2, 0) is 17.6 Å². The van der Waals surface area contributed by atoms with Gasteiger partial charge in [-0.15, -0.1) is 0 Å². The standard InChI is InChI=1S/C22H21N3O2/c1-14(26)24-20-13-16(10-11-23-20)22-17(12-15-6-3-2-4-7-15)21-18(25-22)8-5-9-19(21)27/h2-4,6-7,10-11,13,25H,5,8-9,12H2,1H3,(H,23,24,26). The highest BCUT2D eigenvalue weighted by Crippen LogP contribution is 2.34. The minimum absolute atomic E-state index is 0.162. The van der Waals surface area contributed by atoms with Crippen LogP contribution in [0.15, 0.2) is 48.7 Å². The second-order valence-electron chi connectivity index (χ2n) is 6.88. The van der Waals surface area contributed by atoms with Gasteiger partial charge >= 0.3 is 0 Å². The lowest BCUT2D eigenvalue weighted by Crippen LogP contribution is -2.11. The summed E-state index contributed by atoms with van der Waals surface area (Å²) in [7, 11) is 0. The molecule has 27 heavy (non-hydrogen) atoms. The Morgan fingerprint density at radius 1 is 1.19 bits per heavy atom. The average molecular weight is 359 g/mol. The summed E-state index contributed by atoms with van der Waals surface area (Å²) in [6.45, 7) is 1.46. The number of aryl methyl sites for hydroxylation is 1. The van der Waals surface area contributed by atoms with Crippen molar-refractivity contribution in [3.05, 3.63) is 71.0 Å². The molecule has 3 aromatic rings. The van der Waals surface area contributed by atoms with Crippen LogP contribution >= 0.6 is 0 Å². The summed E-state index contributed by atoms with van der Waals surface area (Å²) in [5.74, 6) is 0.551. The smallest absolute Gasteiger partial charge is 0.222 e. The van der Waals surface area contributed by atoms with E-state index in [-0.39, 0.29) is 11.7 Å². The number of nitrogens with zero attached hydrogens (tertiary/aromatic N) is 1. The largest absolute Gasteiger partial charge is 0.358 e. The van der Waals surface area contributed by atoms with Crippen molar-refractivity contribution in [3.8, 4) is 11.3 Å². The summed E-state index contributed by atoms with van der Waals surface area (Å²) >= 11 is 0. The van der Waals surface area contributed by atoms with Crippen LogP contribution in [0.4, 0.5) is 5.82 Å². The van der Waals surface area contributed by atoms with Crippen LogP contribution in [0.5, 0.6) is 0 Å². The lowest BCUT2D eigenvalue weighted by molar-refractivity contribution is -0.114. The number of benzene rings is 1. The number of pyridine rings is 1. The molecule has 0 radical (unpaired) electrons. The molecule has 1 aliphatic carbocycles. The Kier molecular flexibility index (Phi) is 4.59. The number of amides is 1. The Balaban J connectivity index is 1.83. The molecule has 0 spiro atoms. The Morgan fingerprint density at radius 3 is 2.78 bits per heavy atom. The van der Waals surface area contributed by atoms with E-state index in [0.29, 0.717) is 18.7 Å². The zero-order valence-electron chi connectivity index (χ0n) is 15.2. The Morgan fingerprint density at radius 2 is 2.00 bits per heavy atom. The summed E-state index contributed by atoms with van der Waals surface area (Å²) in [5.41, 5.74) is 5.91. The summed E-state index contributed by atoms with van der Waals surface area (Å²) in [6, 6.07) is 13.9. The SMILES string of the molecule is CC(=O)Nc1cc(-c2[nH]c3c(c2Cc2ccccc2)C(=O)CCC3)ccn1. The van der Waals surface area contributed by atoms with Gasteiger partial charge in [-0.25, -0.2) is 4.98 Å². The van der Waals surface area contributed by atoms with Crippen LogP contribution in [0.1, 0.15) is 46.9 Å². The first-order valence-corrected chi connectivity index (χ1v) is 9.16. The topological polar surface area (TPSA) is 74.8 Å². The normalized spacial score (nSPS) is 13.3. The number of carbonyl (C=O) groups is 2. The molecular weight excluding hydrogens is 338 g/mol. The van der Waals surface area contributed by atoms with Crippen molar-refractivity contribution in [1.29, 1.82) is 0 Å². The van der Waals surface area contributed by atoms with Crippen molar-refractivity contribution < 1.29 is 9.59 Å². The fraction of sp³-hybridized carbons (Fsp3) is 0.227. The van der Waals surface area contributed by atoms with E-state index in [1.54, 1.807) is 6.20 Å². The molecule has 0 saturated heterocycles. The summed E-state index contributed by atoms with van der Waals surface area (Å²) in [6.07, 6.45) is 4.72. The van der Waals surface area contributed by atoms with Crippen LogP contribution in [0.2, 0.25) is 0 Å². The monoisotopic (exact) mass is 359 g/mol. The molecule has 1 amide bonds. The molecule has 2 aromatic heterocycles. The van der Waals surface area contributed by atoms with E-state index in [4.69, 9.17) is 0 Å². The van der Waals surface area contributed by atoms with E-state index >= 15 is 0 Å². The van der Waals surface area contributed by atoms with Gasteiger partial charge in [0.25, 0.3) is 0 Å². The van der Waals surface area contributed by atoms with E-state index < -0.39 is 0 Å². The lowest BCUT2D eigenvalue weighted by Gasteiger charge is -2.12. The number of rotatable bonds is 4. The molecule has 0 fully saturated rings. The third-order valence-electron chi connectivity index (χ3n) is 4.87. The molecule has 5 heteroatoms. The molecule has 5 nitrogen and oxygen atoms in total. The zero-order chi connectivity index (χ0) is 18.8. The molecule has 0 saturated carbocycles. The summed E-state index contributed by atoms with van der Waals surface area (Å²) in [4.78, 5) is 31.7. The molecule has 0 atom stereocenters. The fourth-order valence-corrected chi connectivity index (χ4v) is 3.73. The van der Waals surface area contributed by atoms with Crippen molar-refractivity contribution in [1.82, 2.24) is 9.97 Å². The van der Waals surface area contributed by atoms with Gasteiger partial charge in [0.1, 0.15) is 5.82 Å². The van der Waals surface area contributed by atoms with E-state index in [2.05, 4.69) is 27.4 Å². The highest BCUT2D eigenvalue weighted by atomic mass is 16.1. The van der Waals surface area contributed by atoms with Crippen molar-refractivity contribution in [3.63, 3.8) is 0 Å². The third kappa shape index (κ3) is 3.53. The predicted molar refractivity (Wildman–Crippen MR) is 105 cm³/mol. The van der Waals surface area contributed by atoms with Crippen LogP contribution in [0.3, 0.4) is 0 Å². The van der Waals surface area contributed by atoms with Crippen molar-refractivity contribution in [2.45, 2.75) is 32.6 Å². The number of fused-ring (bicyclic) bond motifs is 1. The molecule has 2 heterocycles. The first-order chi connectivity index (χ1) is 13.1. The van der Waals surface area contributed by atoms with Gasteiger partial charge in [-0.1, -0.05) is 30.3 Å². The molecule has 0 unspecified atom stereocenters. The lowest BCUT2D eigenvalue weighted by atomic mass is 9.90. The summed E-state index contributed by atoms with van der Waals surface area (Å²) in [5, 5.41) is 2.72. The molecule has 1 aromatic carbocycles. The van der Waals surface area contributed by atoms with Gasteiger partial charge in [0.05, 0.1) is 5.69 Å². The van der Waals surface area contributed by atoms with Gasteiger partial charge in [-0.05, 0) is 36.1 Å². The first-order valence-electron chi connectivity index (χ1n) is 9.16. The Labute approximate surface area is 157 Å². The van der Waals surface area contributed by atoms with Gasteiger partial charge in [-0.3, -0.25) is 9.59 Å². The first kappa shape index (κ1) is 17.2. The predicted octanol–water partition coefficient (Wildman–Crippen LogP) is 4.14. The van der Waals surface area contributed by atoms with Crippen molar-refractivity contribution in [2.75, 3.05) is 5.32 Å². The van der Waals surface area contributed by atoms with Crippen molar-refractivity contribution in [2.24, 2.45) is 0 Å². The second-order valence-corrected chi connectivity index (χ2v) is 6.88. The second kappa shape index (κ2) is 7.19. The number of Topliss-reactive ketones (excluding diaryl/α,β-unsaturated/α-hetero) is 1. The molecular formula is C22H21N3O2. The highest BCUT2D eigenvalue weighted by Gasteiger charge is 2.26. The maximum absolute atomic E-state index is 12.7. The van der Waals surface area contributed by atoms with E-state index in [1.807, 2.05) is 30.3 Å². The zero-order valence-corrected chi connectivity index (χ0v) is 15.2. The third-order valence-corrected chi connectivity index (χ3v) is 4.87. The molecule has 0 aliphatic heterocycles. The number of H-pyrrole nitrogens is 1. The average Bonchev–Trinajstić information content (AvgIpc) is 3.02. The van der Waals surface area contributed by atoms with Gasteiger partial charge in [0.15, 0.2) is 5.78 Å². The number of hydrogen-bond donors (Lipinski definition) is 2. The minimum Gasteiger partial charge on any atom is -0.358 e. The van der Waals surface area contributed by atoms with Gasteiger partial charge < -0.3 is 10.3 Å². The number of carbonyl (C=O) groups excluding carboxylic acids is 2. The molecule has 136 valence electrons. The van der Waals surface area contributed by atoms with Gasteiger partial charge in [0, 0.05) is 42.8 Å². The van der Waals surface area contributed by atoms with Crippen LogP contribution < -0.4 is 5.32 Å². The number of aromatic nitrogens is 2. The van der Waals surface area contributed by atoms with Gasteiger partial charge in [0.2, 0.25) is 5.91 Å². The maximum atomic E-state index is 12.7. The summed E-state index contributed by atoms with van der Waals surface area (Å²) < 4.78 is 0. The number of ketones is 1. The number of nitrogens with one attached hydrogen (secondary N) is 2. The highest BCUT2D eigenvalue weighted by molar-refractivity contribution is 6.01. The Hall–Kier alpha value is -3.21. The van der Waals surface area contributed by atoms with E-state index in [1.165, 1.54) is 6.92 Å². The fourth-order valence-electron chi connectivity index (χ4n) is 3.73. The van der Waals surface area contributed by atoms with Crippen molar-refractivity contribution >= 4 is 17.5 Å². The molecule has 4 rings (SSSR count). The van der Waals surface area contributed by atoms with E-state index in [9.17, 15) is 9.59 Å².